The van der Waals surface area contributed by atoms with Crippen LogP contribution >= 0.6 is 0 Å². The number of para-hydroxylation sites is 1. The van der Waals surface area contributed by atoms with Crippen molar-refractivity contribution in [3.05, 3.63) is 29.8 Å². The maximum Gasteiger partial charge on any atom is 0.124 e. The van der Waals surface area contributed by atoms with Gasteiger partial charge in [-0.15, -0.1) is 0 Å². The minimum atomic E-state index is 0.109. The van der Waals surface area contributed by atoms with E-state index in [-0.39, 0.29) is 6.04 Å². The van der Waals surface area contributed by atoms with Crippen molar-refractivity contribution in [3.63, 3.8) is 0 Å². The smallest absolute Gasteiger partial charge is 0.124 e. The van der Waals surface area contributed by atoms with Crippen LogP contribution in [-0.4, -0.2) is 6.61 Å². The van der Waals surface area contributed by atoms with Crippen LogP contribution in [0.3, 0.4) is 0 Å². The highest BCUT2D eigenvalue weighted by Gasteiger charge is 2.49. The second-order valence-electron chi connectivity index (χ2n) is 5.71. The van der Waals surface area contributed by atoms with Crippen LogP contribution in [0.15, 0.2) is 24.3 Å². The summed E-state index contributed by atoms with van der Waals surface area (Å²) < 4.78 is 5.77. The Labute approximate surface area is 104 Å². The molecule has 0 amide bonds. The van der Waals surface area contributed by atoms with E-state index < -0.39 is 0 Å². The number of hydrogen-bond acceptors (Lipinski definition) is 2. The van der Waals surface area contributed by atoms with Gasteiger partial charge in [0.1, 0.15) is 5.75 Å². The van der Waals surface area contributed by atoms with Gasteiger partial charge < -0.3 is 10.5 Å². The maximum absolute atomic E-state index is 6.37. The summed E-state index contributed by atoms with van der Waals surface area (Å²) in [5.74, 6) is 1.55. The summed E-state index contributed by atoms with van der Waals surface area (Å²) in [6.07, 6.45) is 2.24. The van der Waals surface area contributed by atoms with E-state index in [1.807, 2.05) is 18.2 Å². The molecule has 1 saturated carbocycles. The lowest BCUT2D eigenvalue weighted by atomic mass is 9.97. The largest absolute Gasteiger partial charge is 0.493 e. The third-order valence-electron chi connectivity index (χ3n) is 3.76. The summed E-state index contributed by atoms with van der Waals surface area (Å²) in [7, 11) is 0. The van der Waals surface area contributed by atoms with Crippen molar-refractivity contribution in [2.45, 2.75) is 39.7 Å². The Bertz CT molecular complexity index is 386. The molecule has 0 saturated heterocycles. The van der Waals surface area contributed by atoms with Crippen LogP contribution in [0.4, 0.5) is 0 Å². The standard InChI is InChI=1S/C15H23NO/c1-4-9-17-13-8-6-5-7-11(13)14(16)12-10-15(12,2)3/h5-8,12,14H,4,9-10,16H2,1-3H3. The minimum absolute atomic E-state index is 0.109. The molecule has 2 unspecified atom stereocenters. The van der Waals surface area contributed by atoms with E-state index in [2.05, 4.69) is 26.8 Å². The lowest BCUT2D eigenvalue weighted by Crippen LogP contribution is -2.16. The lowest BCUT2D eigenvalue weighted by Gasteiger charge is -2.18. The summed E-state index contributed by atoms with van der Waals surface area (Å²) in [5, 5.41) is 0. The number of rotatable bonds is 5. The highest BCUT2D eigenvalue weighted by molar-refractivity contribution is 5.37. The Hall–Kier alpha value is -1.02. The monoisotopic (exact) mass is 233 g/mol. The van der Waals surface area contributed by atoms with Gasteiger partial charge in [0.2, 0.25) is 0 Å². The van der Waals surface area contributed by atoms with E-state index in [4.69, 9.17) is 10.5 Å². The minimum Gasteiger partial charge on any atom is -0.493 e. The lowest BCUT2D eigenvalue weighted by molar-refractivity contribution is 0.310. The zero-order valence-electron chi connectivity index (χ0n) is 11.1. The normalized spacial score (nSPS) is 23.2. The molecule has 0 aromatic heterocycles. The molecule has 0 radical (unpaired) electrons. The number of benzene rings is 1. The molecule has 1 aromatic carbocycles. The van der Waals surface area contributed by atoms with Crippen molar-refractivity contribution >= 4 is 0 Å². The van der Waals surface area contributed by atoms with E-state index in [0.29, 0.717) is 11.3 Å². The third kappa shape index (κ3) is 2.63. The van der Waals surface area contributed by atoms with Gasteiger partial charge in [-0.05, 0) is 30.2 Å². The Morgan fingerprint density at radius 3 is 2.65 bits per heavy atom. The van der Waals surface area contributed by atoms with Crippen molar-refractivity contribution < 1.29 is 4.74 Å². The summed E-state index contributed by atoms with van der Waals surface area (Å²) in [6.45, 7) is 7.45. The first-order valence-corrected chi connectivity index (χ1v) is 6.53. The van der Waals surface area contributed by atoms with Crippen molar-refractivity contribution in [2.75, 3.05) is 6.61 Å². The molecular weight excluding hydrogens is 210 g/mol. The summed E-state index contributed by atoms with van der Waals surface area (Å²) in [5.41, 5.74) is 7.93. The van der Waals surface area contributed by atoms with E-state index in [1.54, 1.807) is 0 Å². The number of nitrogens with two attached hydrogens (primary N) is 1. The predicted molar refractivity (Wildman–Crippen MR) is 71.0 cm³/mol. The second kappa shape index (κ2) is 4.69. The van der Waals surface area contributed by atoms with E-state index in [0.717, 1.165) is 24.3 Å². The van der Waals surface area contributed by atoms with Crippen molar-refractivity contribution in [1.82, 2.24) is 0 Å². The molecule has 0 heterocycles. The molecule has 1 fully saturated rings. The average molecular weight is 233 g/mol. The highest BCUT2D eigenvalue weighted by Crippen LogP contribution is 2.57. The van der Waals surface area contributed by atoms with Gasteiger partial charge >= 0.3 is 0 Å². The Kier molecular flexibility index (Phi) is 3.43. The summed E-state index contributed by atoms with van der Waals surface area (Å²) >= 11 is 0. The molecule has 94 valence electrons. The zero-order valence-corrected chi connectivity index (χ0v) is 11.1. The van der Waals surface area contributed by atoms with Crippen molar-refractivity contribution in [2.24, 2.45) is 17.1 Å². The Balaban J connectivity index is 2.14. The molecule has 0 spiro atoms. The van der Waals surface area contributed by atoms with Gasteiger partial charge in [0, 0.05) is 11.6 Å². The zero-order chi connectivity index (χ0) is 12.5. The number of ether oxygens (including phenoxy) is 1. The fourth-order valence-electron chi connectivity index (χ4n) is 2.44. The first kappa shape index (κ1) is 12.4. The summed E-state index contributed by atoms with van der Waals surface area (Å²) in [4.78, 5) is 0. The molecule has 2 N–H and O–H groups in total. The van der Waals surface area contributed by atoms with Gasteiger partial charge in [-0.3, -0.25) is 0 Å². The van der Waals surface area contributed by atoms with E-state index >= 15 is 0 Å². The van der Waals surface area contributed by atoms with Gasteiger partial charge in [-0.1, -0.05) is 39.0 Å². The van der Waals surface area contributed by atoms with Crippen LogP contribution in [0.2, 0.25) is 0 Å². The first-order valence-electron chi connectivity index (χ1n) is 6.53. The van der Waals surface area contributed by atoms with E-state index in [9.17, 15) is 0 Å². The molecule has 17 heavy (non-hydrogen) atoms. The van der Waals surface area contributed by atoms with Gasteiger partial charge in [-0.2, -0.15) is 0 Å². The average Bonchev–Trinajstić information content (AvgIpc) is 2.95. The van der Waals surface area contributed by atoms with Crippen LogP contribution in [0.1, 0.15) is 45.2 Å². The molecule has 2 nitrogen and oxygen atoms in total. The van der Waals surface area contributed by atoms with Crippen LogP contribution in [0.5, 0.6) is 5.75 Å². The van der Waals surface area contributed by atoms with Crippen molar-refractivity contribution in [1.29, 1.82) is 0 Å². The maximum atomic E-state index is 6.37. The molecule has 2 atom stereocenters. The topological polar surface area (TPSA) is 35.2 Å². The third-order valence-corrected chi connectivity index (χ3v) is 3.76. The fourth-order valence-corrected chi connectivity index (χ4v) is 2.44. The SMILES string of the molecule is CCCOc1ccccc1C(N)C1CC1(C)C. The second-order valence-corrected chi connectivity index (χ2v) is 5.71. The van der Waals surface area contributed by atoms with Crippen LogP contribution in [0, 0.1) is 11.3 Å². The summed E-state index contributed by atoms with van der Waals surface area (Å²) in [6, 6.07) is 8.30. The van der Waals surface area contributed by atoms with Crippen LogP contribution in [-0.2, 0) is 0 Å². The van der Waals surface area contributed by atoms with Gasteiger partial charge in [-0.25, -0.2) is 0 Å². The molecule has 2 heteroatoms. The quantitative estimate of drug-likeness (QED) is 0.844. The molecule has 1 aliphatic rings. The number of hydrogen-bond donors (Lipinski definition) is 1. The molecule has 2 rings (SSSR count). The van der Waals surface area contributed by atoms with Gasteiger partial charge in [0.25, 0.3) is 0 Å². The van der Waals surface area contributed by atoms with Gasteiger partial charge in [0.05, 0.1) is 6.61 Å². The molecule has 0 bridgehead atoms. The predicted octanol–water partition coefficient (Wildman–Crippen LogP) is 3.52. The highest BCUT2D eigenvalue weighted by atomic mass is 16.5. The van der Waals surface area contributed by atoms with Crippen molar-refractivity contribution in [3.8, 4) is 5.75 Å². The molecular formula is C15H23NO. The fraction of sp³-hybridized carbons (Fsp3) is 0.600. The molecule has 1 aliphatic carbocycles. The Morgan fingerprint density at radius 2 is 2.06 bits per heavy atom. The van der Waals surface area contributed by atoms with E-state index in [1.165, 1.54) is 6.42 Å². The molecule has 1 aromatic rings. The first-order chi connectivity index (χ1) is 8.06. The van der Waals surface area contributed by atoms with Crippen LogP contribution < -0.4 is 10.5 Å². The van der Waals surface area contributed by atoms with Crippen LogP contribution in [0.25, 0.3) is 0 Å². The molecule has 0 aliphatic heterocycles. The van der Waals surface area contributed by atoms with Gasteiger partial charge in [0.15, 0.2) is 0 Å². The Morgan fingerprint density at radius 1 is 1.41 bits per heavy atom.